The van der Waals surface area contributed by atoms with Crippen molar-refractivity contribution in [2.75, 3.05) is 0 Å². The quantitative estimate of drug-likeness (QED) is 0.835. The summed E-state index contributed by atoms with van der Waals surface area (Å²) in [5.41, 5.74) is 0. The van der Waals surface area contributed by atoms with Gasteiger partial charge in [-0.2, -0.15) is 4.98 Å². The van der Waals surface area contributed by atoms with E-state index in [9.17, 15) is 4.39 Å². The molecule has 0 amide bonds. The molecule has 4 nitrogen and oxygen atoms in total. The Morgan fingerprint density at radius 1 is 1.44 bits per heavy atom. The number of nitrogens with zero attached hydrogens (tertiary/aromatic N) is 2. The van der Waals surface area contributed by atoms with Gasteiger partial charge in [0, 0.05) is 6.42 Å². The average Bonchev–Trinajstić information content (AvgIpc) is 2.76. The van der Waals surface area contributed by atoms with Gasteiger partial charge in [0.2, 0.25) is 0 Å². The van der Waals surface area contributed by atoms with Gasteiger partial charge in [0.25, 0.3) is 5.89 Å². The third-order valence-electron chi connectivity index (χ3n) is 2.23. The fraction of sp³-hybridized carbons (Fsp3) is 0.333. The van der Waals surface area contributed by atoms with Crippen LogP contribution in [0.15, 0.2) is 22.7 Å². The molecule has 6 heteroatoms. The van der Waals surface area contributed by atoms with E-state index < -0.39 is 5.82 Å². The van der Waals surface area contributed by atoms with Crippen molar-refractivity contribution in [2.24, 2.45) is 0 Å². The summed E-state index contributed by atoms with van der Waals surface area (Å²) in [6.07, 6.45) is 1.71. The first-order chi connectivity index (χ1) is 8.69. The third-order valence-corrected chi connectivity index (χ3v) is 2.52. The number of ether oxygens (including phenoxy) is 1. The molecule has 0 saturated heterocycles. The molecule has 2 aromatic rings. The molecule has 0 aliphatic heterocycles. The van der Waals surface area contributed by atoms with Crippen LogP contribution in [0.3, 0.4) is 0 Å². The summed E-state index contributed by atoms with van der Waals surface area (Å²) in [5, 5.41) is 4.01. The Labute approximate surface area is 109 Å². The molecule has 1 aromatic carbocycles. The van der Waals surface area contributed by atoms with Crippen LogP contribution < -0.4 is 4.74 Å². The first kappa shape index (κ1) is 12.8. The van der Waals surface area contributed by atoms with Gasteiger partial charge in [-0.1, -0.05) is 23.7 Å². The van der Waals surface area contributed by atoms with E-state index in [4.69, 9.17) is 20.9 Å². The van der Waals surface area contributed by atoms with E-state index in [0.29, 0.717) is 17.5 Å². The number of aromatic nitrogens is 2. The molecule has 0 aliphatic carbocycles. The molecule has 0 atom stereocenters. The number of aryl methyl sites for hydroxylation is 1. The van der Waals surface area contributed by atoms with E-state index in [-0.39, 0.29) is 11.6 Å². The average molecular weight is 271 g/mol. The molecule has 1 aromatic heterocycles. The largest absolute Gasteiger partial charge is 0.482 e. The van der Waals surface area contributed by atoms with Gasteiger partial charge in [0.1, 0.15) is 11.6 Å². The summed E-state index contributed by atoms with van der Waals surface area (Å²) in [6.45, 7) is 2.15. The molecular weight excluding hydrogens is 259 g/mol. The van der Waals surface area contributed by atoms with Crippen LogP contribution in [0.25, 0.3) is 0 Å². The smallest absolute Gasteiger partial charge is 0.264 e. The van der Waals surface area contributed by atoms with Crippen LogP contribution in [-0.4, -0.2) is 10.1 Å². The van der Waals surface area contributed by atoms with Gasteiger partial charge in [-0.3, -0.25) is 0 Å². The molecule has 0 unspecified atom stereocenters. The van der Waals surface area contributed by atoms with Crippen LogP contribution in [-0.2, 0) is 13.0 Å². The first-order valence-electron chi connectivity index (χ1n) is 5.58. The van der Waals surface area contributed by atoms with Crippen molar-refractivity contribution in [3.05, 3.63) is 40.8 Å². The van der Waals surface area contributed by atoms with Gasteiger partial charge in [-0.15, -0.1) is 0 Å². The van der Waals surface area contributed by atoms with E-state index in [2.05, 4.69) is 10.1 Å². The van der Waals surface area contributed by atoms with Gasteiger partial charge in [0.05, 0.1) is 5.02 Å². The fourth-order valence-electron chi connectivity index (χ4n) is 1.41. The van der Waals surface area contributed by atoms with E-state index in [1.54, 1.807) is 0 Å². The third kappa shape index (κ3) is 3.20. The van der Waals surface area contributed by atoms with Crippen molar-refractivity contribution < 1.29 is 13.7 Å². The molecule has 96 valence electrons. The highest BCUT2D eigenvalue weighted by Crippen LogP contribution is 2.25. The Morgan fingerprint density at radius 3 is 3.00 bits per heavy atom. The summed E-state index contributed by atoms with van der Waals surface area (Å²) < 4.78 is 23.2. The zero-order valence-electron chi connectivity index (χ0n) is 9.82. The molecule has 0 radical (unpaired) electrons. The zero-order chi connectivity index (χ0) is 13.0. The predicted molar refractivity (Wildman–Crippen MR) is 64.0 cm³/mol. The van der Waals surface area contributed by atoms with Crippen LogP contribution in [0, 0.1) is 5.82 Å². The monoisotopic (exact) mass is 270 g/mol. The molecule has 0 spiro atoms. The fourth-order valence-corrected chi connectivity index (χ4v) is 1.63. The van der Waals surface area contributed by atoms with Gasteiger partial charge in [0.15, 0.2) is 12.4 Å². The molecule has 0 bridgehead atoms. The SMILES string of the molecule is CCCc1noc(COc2ccc(F)cc2Cl)n1. The molecule has 0 saturated carbocycles. The first-order valence-corrected chi connectivity index (χ1v) is 5.96. The highest BCUT2D eigenvalue weighted by Gasteiger charge is 2.08. The number of hydrogen-bond acceptors (Lipinski definition) is 4. The Bertz CT molecular complexity index is 531. The minimum absolute atomic E-state index is 0.113. The lowest BCUT2D eigenvalue weighted by Crippen LogP contribution is -1.97. The molecule has 0 N–H and O–H groups in total. The van der Waals surface area contributed by atoms with Gasteiger partial charge >= 0.3 is 0 Å². The van der Waals surface area contributed by atoms with Crippen LogP contribution in [0.5, 0.6) is 5.75 Å². The van der Waals surface area contributed by atoms with Crippen LogP contribution in [0.2, 0.25) is 5.02 Å². The number of rotatable bonds is 5. The molecule has 0 fully saturated rings. The van der Waals surface area contributed by atoms with Crippen LogP contribution >= 0.6 is 11.6 Å². The lowest BCUT2D eigenvalue weighted by atomic mass is 10.3. The van der Waals surface area contributed by atoms with Crippen LogP contribution in [0.1, 0.15) is 25.1 Å². The predicted octanol–water partition coefficient (Wildman–Crippen LogP) is 3.39. The Kier molecular flexibility index (Phi) is 4.15. The summed E-state index contributed by atoms with van der Waals surface area (Å²) in [5.74, 6) is 1.00. The van der Waals surface area contributed by atoms with Crippen molar-refractivity contribution in [2.45, 2.75) is 26.4 Å². The van der Waals surface area contributed by atoms with Crippen molar-refractivity contribution in [1.29, 1.82) is 0 Å². The topological polar surface area (TPSA) is 48.2 Å². The number of halogens is 2. The lowest BCUT2D eigenvalue weighted by Gasteiger charge is -2.04. The Morgan fingerprint density at radius 2 is 2.28 bits per heavy atom. The minimum Gasteiger partial charge on any atom is -0.482 e. The normalized spacial score (nSPS) is 10.6. The summed E-state index contributed by atoms with van der Waals surface area (Å²) in [6, 6.07) is 3.92. The minimum atomic E-state index is -0.407. The van der Waals surface area contributed by atoms with Gasteiger partial charge in [-0.25, -0.2) is 4.39 Å². The summed E-state index contributed by atoms with van der Waals surface area (Å²) in [7, 11) is 0. The van der Waals surface area contributed by atoms with Crippen molar-refractivity contribution >= 4 is 11.6 Å². The molecule has 0 aliphatic rings. The van der Waals surface area contributed by atoms with E-state index in [1.165, 1.54) is 18.2 Å². The molecule has 18 heavy (non-hydrogen) atoms. The number of benzene rings is 1. The molecule has 1 heterocycles. The van der Waals surface area contributed by atoms with Gasteiger partial charge in [-0.05, 0) is 24.6 Å². The van der Waals surface area contributed by atoms with Crippen molar-refractivity contribution in [1.82, 2.24) is 10.1 Å². The standard InChI is InChI=1S/C12H12ClFN2O2/c1-2-3-11-15-12(18-16-11)7-17-10-5-4-8(14)6-9(10)13/h4-6H,2-3,7H2,1H3. The Hall–Kier alpha value is -1.62. The molecule has 2 rings (SSSR count). The highest BCUT2D eigenvalue weighted by atomic mass is 35.5. The highest BCUT2D eigenvalue weighted by molar-refractivity contribution is 6.32. The maximum atomic E-state index is 12.8. The van der Waals surface area contributed by atoms with E-state index in [1.807, 2.05) is 6.92 Å². The second-order valence-corrected chi connectivity index (χ2v) is 4.12. The summed E-state index contributed by atoms with van der Waals surface area (Å²) >= 11 is 5.82. The van der Waals surface area contributed by atoms with E-state index in [0.717, 1.165) is 12.8 Å². The lowest BCUT2D eigenvalue weighted by molar-refractivity contribution is 0.242. The maximum Gasteiger partial charge on any atom is 0.264 e. The second kappa shape index (κ2) is 5.82. The zero-order valence-corrected chi connectivity index (χ0v) is 10.6. The maximum absolute atomic E-state index is 12.8. The van der Waals surface area contributed by atoms with Crippen molar-refractivity contribution in [3.63, 3.8) is 0 Å². The van der Waals surface area contributed by atoms with Gasteiger partial charge < -0.3 is 9.26 Å². The Balaban J connectivity index is 1.97. The summed E-state index contributed by atoms with van der Waals surface area (Å²) in [4.78, 5) is 4.14. The number of hydrogen-bond donors (Lipinski definition) is 0. The van der Waals surface area contributed by atoms with E-state index >= 15 is 0 Å². The van der Waals surface area contributed by atoms with Crippen molar-refractivity contribution in [3.8, 4) is 5.75 Å². The molecular formula is C12H12ClFN2O2. The second-order valence-electron chi connectivity index (χ2n) is 3.72. The van der Waals surface area contributed by atoms with Crippen LogP contribution in [0.4, 0.5) is 4.39 Å².